The molecule has 0 radical (unpaired) electrons. The van der Waals surface area contributed by atoms with Gasteiger partial charge in [0, 0.05) is 11.1 Å². The molecule has 0 aliphatic rings. The minimum absolute atomic E-state index is 0.265. The van der Waals surface area contributed by atoms with Crippen LogP contribution in [0.15, 0.2) is 29.8 Å². The third-order valence-electron chi connectivity index (χ3n) is 2.37. The van der Waals surface area contributed by atoms with Gasteiger partial charge in [-0.1, -0.05) is 11.6 Å². The Kier molecular flexibility index (Phi) is 3.96. The van der Waals surface area contributed by atoms with Gasteiger partial charge in [-0.25, -0.2) is 5.43 Å². The number of aromatic nitrogens is 1. The van der Waals surface area contributed by atoms with Gasteiger partial charge < -0.3 is 4.74 Å². The highest BCUT2D eigenvalue weighted by Gasteiger charge is 2.21. The lowest BCUT2D eigenvalue weighted by molar-refractivity contribution is 0.401. The number of pyridine rings is 1. The molecule has 0 aliphatic heterocycles. The summed E-state index contributed by atoms with van der Waals surface area (Å²) < 4.78 is 5.27. The molecule has 0 amide bonds. The third kappa shape index (κ3) is 2.42. The van der Waals surface area contributed by atoms with Crippen LogP contribution in [0, 0.1) is 0 Å². The number of hydrogen-bond donors (Lipinski definition) is 2. The zero-order valence-corrected chi connectivity index (χ0v) is 10.8. The largest absolute Gasteiger partial charge is 0.495 e. The number of ether oxygens (including phenoxy) is 1. The molecule has 2 aromatic heterocycles. The van der Waals surface area contributed by atoms with E-state index in [0.717, 1.165) is 10.6 Å². The van der Waals surface area contributed by atoms with E-state index in [1.807, 2.05) is 23.6 Å². The van der Waals surface area contributed by atoms with Crippen molar-refractivity contribution >= 4 is 22.9 Å². The molecule has 0 aliphatic carbocycles. The molecule has 6 heteroatoms. The van der Waals surface area contributed by atoms with Gasteiger partial charge in [-0.3, -0.25) is 10.8 Å². The van der Waals surface area contributed by atoms with E-state index in [2.05, 4.69) is 10.4 Å². The first kappa shape index (κ1) is 12.3. The molecule has 0 fully saturated rings. The first-order valence-corrected chi connectivity index (χ1v) is 6.21. The molecule has 1 unspecified atom stereocenters. The summed E-state index contributed by atoms with van der Waals surface area (Å²) in [5.41, 5.74) is 3.44. The van der Waals surface area contributed by atoms with Gasteiger partial charge in [0.2, 0.25) is 0 Å². The molecule has 3 N–H and O–H groups in total. The molecule has 0 saturated carbocycles. The molecule has 0 spiro atoms. The molecule has 2 aromatic rings. The standard InChI is InChI=1S/C11H12ClN3OS/c1-16-8-3-2-5-14-9(8)10(15-13)11-7(12)4-6-17-11/h2-6,10,15H,13H2,1H3. The van der Waals surface area contributed by atoms with Crippen molar-refractivity contribution in [3.05, 3.63) is 45.4 Å². The SMILES string of the molecule is COc1cccnc1C(NN)c1sccc1Cl. The van der Waals surface area contributed by atoms with Crippen LogP contribution in [0.5, 0.6) is 5.75 Å². The van der Waals surface area contributed by atoms with Gasteiger partial charge in [0.1, 0.15) is 17.5 Å². The van der Waals surface area contributed by atoms with E-state index in [1.165, 1.54) is 11.3 Å². The molecule has 0 saturated heterocycles. The molecule has 4 nitrogen and oxygen atoms in total. The summed E-state index contributed by atoms with van der Waals surface area (Å²) >= 11 is 7.63. The maximum Gasteiger partial charge on any atom is 0.142 e. The topological polar surface area (TPSA) is 60.2 Å². The summed E-state index contributed by atoms with van der Waals surface area (Å²) in [5, 5.41) is 2.59. The molecule has 2 rings (SSSR count). The second-order valence-corrected chi connectivity index (χ2v) is 4.68. The van der Waals surface area contributed by atoms with Crippen molar-refractivity contribution in [2.24, 2.45) is 5.84 Å². The van der Waals surface area contributed by atoms with Gasteiger partial charge in [0.25, 0.3) is 0 Å². The van der Waals surface area contributed by atoms with Gasteiger partial charge in [0.05, 0.1) is 12.1 Å². The van der Waals surface area contributed by atoms with E-state index in [4.69, 9.17) is 22.2 Å². The highest BCUT2D eigenvalue weighted by Crippen LogP contribution is 2.34. The average molecular weight is 270 g/mol. The predicted molar refractivity (Wildman–Crippen MR) is 69.3 cm³/mol. The number of rotatable bonds is 4. The smallest absolute Gasteiger partial charge is 0.142 e. The van der Waals surface area contributed by atoms with Crippen molar-refractivity contribution in [1.29, 1.82) is 0 Å². The Labute approximate surface area is 108 Å². The lowest BCUT2D eigenvalue weighted by atomic mass is 10.1. The van der Waals surface area contributed by atoms with E-state index < -0.39 is 0 Å². The first-order valence-electron chi connectivity index (χ1n) is 4.96. The zero-order valence-electron chi connectivity index (χ0n) is 9.18. The van der Waals surface area contributed by atoms with Gasteiger partial charge in [-0.05, 0) is 23.6 Å². The van der Waals surface area contributed by atoms with Crippen molar-refractivity contribution in [3.8, 4) is 5.75 Å². The van der Waals surface area contributed by atoms with E-state index in [0.29, 0.717) is 10.8 Å². The minimum atomic E-state index is -0.265. The fourth-order valence-electron chi connectivity index (χ4n) is 1.58. The molecule has 1 atom stereocenters. The van der Waals surface area contributed by atoms with Crippen LogP contribution in [0.2, 0.25) is 5.02 Å². The summed E-state index contributed by atoms with van der Waals surface area (Å²) in [5.74, 6) is 6.27. The number of nitrogens with two attached hydrogens (primary N) is 1. The molecule has 90 valence electrons. The van der Waals surface area contributed by atoms with Crippen LogP contribution in [-0.4, -0.2) is 12.1 Å². The molecule has 17 heavy (non-hydrogen) atoms. The Morgan fingerprint density at radius 2 is 2.35 bits per heavy atom. The molecule has 0 bridgehead atoms. The van der Waals surface area contributed by atoms with E-state index in [9.17, 15) is 0 Å². The fourth-order valence-corrected chi connectivity index (χ4v) is 2.81. The summed E-state index contributed by atoms with van der Waals surface area (Å²) in [6.45, 7) is 0. The van der Waals surface area contributed by atoms with Gasteiger partial charge in [-0.2, -0.15) is 0 Å². The monoisotopic (exact) mass is 269 g/mol. The summed E-state index contributed by atoms with van der Waals surface area (Å²) in [6, 6.07) is 5.22. The van der Waals surface area contributed by atoms with Crippen LogP contribution in [-0.2, 0) is 0 Å². The highest BCUT2D eigenvalue weighted by molar-refractivity contribution is 7.10. The first-order chi connectivity index (χ1) is 8.27. The van der Waals surface area contributed by atoms with Gasteiger partial charge in [0.15, 0.2) is 0 Å². The normalized spacial score (nSPS) is 12.4. The Bertz CT molecular complexity index is 503. The van der Waals surface area contributed by atoms with Crippen LogP contribution in [0.4, 0.5) is 0 Å². The lowest BCUT2D eigenvalue weighted by Gasteiger charge is -2.16. The van der Waals surface area contributed by atoms with Crippen LogP contribution in [0.3, 0.4) is 0 Å². The zero-order chi connectivity index (χ0) is 12.3. The molecule has 2 heterocycles. The maximum atomic E-state index is 6.10. The highest BCUT2D eigenvalue weighted by atomic mass is 35.5. The van der Waals surface area contributed by atoms with Crippen LogP contribution < -0.4 is 16.0 Å². The quantitative estimate of drug-likeness (QED) is 0.661. The Hall–Kier alpha value is -1.14. The van der Waals surface area contributed by atoms with Crippen molar-refractivity contribution in [2.75, 3.05) is 7.11 Å². The number of nitrogens with one attached hydrogen (secondary N) is 1. The van der Waals surface area contributed by atoms with Crippen molar-refractivity contribution in [1.82, 2.24) is 10.4 Å². The second kappa shape index (κ2) is 5.46. The number of methoxy groups -OCH3 is 1. The van der Waals surface area contributed by atoms with Gasteiger partial charge >= 0.3 is 0 Å². The number of nitrogens with zero attached hydrogens (tertiary/aromatic N) is 1. The maximum absolute atomic E-state index is 6.10. The summed E-state index contributed by atoms with van der Waals surface area (Å²) in [7, 11) is 1.60. The van der Waals surface area contributed by atoms with Crippen LogP contribution >= 0.6 is 22.9 Å². The van der Waals surface area contributed by atoms with E-state index >= 15 is 0 Å². The van der Waals surface area contributed by atoms with Crippen molar-refractivity contribution in [3.63, 3.8) is 0 Å². The Balaban J connectivity index is 2.46. The number of hydrazine groups is 1. The number of hydrogen-bond acceptors (Lipinski definition) is 5. The summed E-state index contributed by atoms with van der Waals surface area (Å²) in [4.78, 5) is 5.22. The number of thiophene rings is 1. The van der Waals surface area contributed by atoms with Crippen molar-refractivity contribution < 1.29 is 4.74 Å². The third-order valence-corrected chi connectivity index (χ3v) is 3.79. The predicted octanol–water partition coefficient (Wildman–Crippen LogP) is 2.36. The Morgan fingerprint density at radius 3 is 2.94 bits per heavy atom. The molecular formula is C11H12ClN3OS. The van der Waals surface area contributed by atoms with E-state index in [-0.39, 0.29) is 6.04 Å². The fraction of sp³-hybridized carbons (Fsp3) is 0.182. The number of halogens is 1. The van der Waals surface area contributed by atoms with Crippen LogP contribution in [0.1, 0.15) is 16.6 Å². The van der Waals surface area contributed by atoms with Crippen molar-refractivity contribution in [2.45, 2.75) is 6.04 Å². The minimum Gasteiger partial charge on any atom is -0.495 e. The van der Waals surface area contributed by atoms with E-state index in [1.54, 1.807) is 13.3 Å². The molecule has 0 aromatic carbocycles. The molecular weight excluding hydrogens is 258 g/mol. The average Bonchev–Trinajstić information content (AvgIpc) is 2.78. The summed E-state index contributed by atoms with van der Waals surface area (Å²) in [6.07, 6.45) is 1.70. The Morgan fingerprint density at radius 1 is 1.53 bits per heavy atom. The van der Waals surface area contributed by atoms with Gasteiger partial charge in [-0.15, -0.1) is 11.3 Å². The second-order valence-electron chi connectivity index (χ2n) is 3.32. The van der Waals surface area contributed by atoms with Crippen LogP contribution in [0.25, 0.3) is 0 Å². The lowest BCUT2D eigenvalue weighted by Crippen LogP contribution is -2.29.